The Morgan fingerprint density at radius 2 is 1.79 bits per heavy atom. The van der Waals surface area contributed by atoms with Crippen molar-refractivity contribution >= 4 is 47.9 Å². The van der Waals surface area contributed by atoms with Gasteiger partial charge in [0.1, 0.15) is 49.8 Å². The highest BCUT2D eigenvalue weighted by Gasteiger charge is 2.48. The van der Waals surface area contributed by atoms with E-state index >= 15 is 0 Å². The van der Waals surface area contributed by atoms with Crippen LogP contribution in [0.2, 0.25) is 0 Å². The lowest BCUT2D eigenvalue weighted by Gasteiger charge is -2.42. The van der Waals surface area contributed by atoms with E-state index in [9.17, 15) is 29.8 Å². The van der Waals surface area contributed by atoms with Gasteiger partial charge in [0.15, 0.2) is 11.4 Å². The molecule has 1 saturated carbocycles. The first-order valence-corrected chi connectivity index (χ1v) is 18.4. The third kappa shape index (κ3) is 12.4. The lowest BCUT2D eigenvalue weighted by atomic mass is 9.97. The molecule has 0 radical (unpaired) electrons. The number of benzene rings is 1. The number of aliphatic hydroxyl groups is 3. The molecule has 19 heteroatoms. The fourth-order valence-electron chi connectivity index (χ4n) is 5.43. The van der Waals surface area contributed by atoms with Gasteiger partial charge in [0, 0.05) is 40.2 Å². The summed E-state index contributed by atoms with van der Waals surface area (Å²) < 4.78 is 38.3. The standard InChI is InChI=1S/C29H46N3O13PS2/c1-17(34)31-22-24(36)23(35)21(14-33)44-27(22)41-12-8-7-11-30-28(47)32-20-13-19(25(26(20)39-2)45-46(38,48)40-3)16-43-29(37)42-15-18-9-5-4-6-10-18/h4-6,9-10,19-27,33,35-36H,7-8,11-16H2,1-3H3,(H,31,34)(H,38,48)(H2,30,32,47)/t19-,20+,21-,22-,23+,24-,25?,26-,27-,46?/m1/s1. The van der Waals surface area contributed by atoms with Crippen LogP contribution in [0.15, 0.2) is 30.3 Å². The Bertz CT molecular complexity index is 1220. The van der Waals surface area contributed by atoms with Crippen molar-refractivity contribution in [1.82, 2.24) is 16.0 Å². The molecule has 272 valence electrons. The fraction of sp³-hybridized carbons (Fsp3) is 0.690. The molecule has 2 fully saturated rings. The van der Waals surface area contributed by atoms with Crippen molar-refractivity contribution in [2.24, 2.45) is 5.92 Å². The number of aliphatic hydroxyl groups excluding tert-OH is 3. The van der Waals surface area contributed by atoms with Gasteiger partial charge in [0.2, 0.25) is 5.91 Å². The summed E-state index contributed by atoms with van der Waals surface area (Å²) in [6.07, 6.45) is -5.66. The number of rotatable bonds is 17. The van der Waals surface area contributed by atoms with Gasteiger partial charge in [0.05, 0.1) is 12.6 Å². The van der Waals surface area contributed by atoms with Gasteiger partial charge in [-0.1, -0.05) is 30.3 Å². The van der Waals surface area contributed by atoms with Crippen LogP contribution >= 0.6 is 18.9 Å². The zero-order valence-electron chi connectivity index (χ0n) is 27.0. The van der Waals surface area contributed by atoms with E-state index in [1.165, 1.54) is 21.1 Å². The molecule has 16 nitrogen and oxygen atoms in total. The van der Waals surface area contributed by atoms with Crippen molar-refractivity contribution < 1.29 is 62.5 Å². The van der Waals surface area contributed by atoms with Crippen molar-refractivity contribution in [3.05, 3.63) is 35.9 Å². The Morgan fingerprint density at radius 3 is 2.44 bits per heavy atom. The number of unbranched alkanes of at least 4 members (excludes halogenated alkanes) is 1. The SMILES string of the molecule is CO[C@H]1C(OP(O)(=S)OC)[C@@H](COC(=O)OCc2ccccc2)C[C@@H]1NC(=S)NCCCCO[C@@H]1O[C@H](CO)[C@H](O)[C@H](O)[C@H]1NC(C)=O. The average Bonchev–Trinajstić information content (AvgIpc) is 3.38. The zero-order valence-corrected chi connectivity index (χ0v) is 29.5. The topological polar surface area (TPSA) is 216 Å². The van der Waals surface area contributed by atoms with Crippen LogP contribution in [0.1, 0.15) is 31.7 Å². The van der Waals surface area contributed by atoms with E-state index in [4.69, 9.17) is 56.8 Å². The first-order chi connectivity index (χ1) is 22.9. The van der Waals surface area contributed by atoms with Gasteiger partial charge in [0.25, 0.3) is 0 Å². The Kier molecular flexibility index (Phi) is 16.8. The summed E-state index contributed by atoms with van der Waals surface area (Å²) in [4.78, 5) is 34.3. The molecule has 1 amide bonds. The molecule has 7 N–H and O–H groups in total. The monoisotopic (exact) mass is 739 g/mol. The van der Waals surface area contributed by atoms with Crippen molar-refractivity contribution in [3.8, 4) is 0 Å². The molecule has 1 aromatic rings. The molecule has 1 heterocycles. The summed E-state index contributed by atoms with van der Waals surface area (Å²) in [6.45, 7) is -2.27. The smallest absolute Gasteiger partial charge is 0.434 e. The average molecular weight is 740 g/mol. The third-order valence-corrected chi connectivity index (χ3v) is 9.76. The molecule has 2 aliphatic rings. The molecule has 10 atom stereocenters. The molecule has 2 unspecified atom stereocenters. The molecule has 3 rings (SSSR count). The van der Waals surface area contributed by atoms with Crippen LogP contribution in [0.25, 0.3) is 0 Å². The van der Waals surface area contributed by atoms with Crippen LogP contribution in [0.3, 0.4) is 0 Å². The first kappa shape index (κ1) is 40.4. The van der Waals surface area contributed by atoms with E-state index in [1.54, 1.807) is 0 Å². The van der Waals surface area contributed by atoms with Crippen LogP contribution < -0.4 is 16.0 Å². The normalized spacial score (nSPS) is 29.8. The fourth-order valence-corrected chi connectivity index (χ4v) is 6.67. The molecular formula is C29H46N3O13PS2. The predicted molar refractivity (Wildman–Crippen MR) is 178 cm³/mol. The number of hydrogen-bond acceptors (Lipinski definition) is 14. The minimum absolute atomic E-state index is 0.0473. The summed E-state index contributed by atoms with van der Waals surface area (Å²) >= 11 is 10.6. The molecular weight excluding hydrogens is 693 g/mol. The van der Waals surface area contributed by atoms with Crippen LogP contribution in [-0.2, 0) is 55.9 Å². The lowest BCUT2D eigenvalue weighted by molar-refractivity contribution is -0.270. The number of carbonyl (C=O) groups is 2. The summed E-state index contributed by atoms with van der Waals surface area (Å²) in [5, 5.41) is 39.1. The lowest BCUT2D eigenvalue weighted by Crippen LogP contribution is -2.64. The Morgan fingerprint density at radius 1 is 1.06 bits per heavy atom. The van der Waals surface area contributed by atoms with E-state index in [-0.39, 0.29) is 19.8 Å². The molecule has 1 aromatic carbocycles. The highest BCUT2D eigenvalue weighted by Crippen LogP contribution is 2.48. The van der Waals surface area contributed by atoms with Crippen molar-refractivity contribution in [2.75, 3.05) is 40.6 Å². The summed E-state index contributed by atoms with van der Waals surface area (Å²) in [6, 6.07) is 7.74. The van der Waals surface area contributed by atoms with Crippen LogP contribution in [0.5, 0.6) is 0 Å². The Hall–Kier alpha value is -2.06. The summed E-state index contributed by atoms with van der Waals surface area (Å²) in [7, 11) is 2.72. The second kappa shape index (κ2) is 20.0. The van der Waals surface area contributed by atoms with Gasteiger partial charge >= 0.3 is 12.9 Å². The summed E-state index contributed by atoms with van der Waals surface area (Å²) in [5.74, 6) is -0.887. The molecule has 48 heavy (non-hydrogen) atoms. The highest BCUT2D eigenvalue weighted by molar-refractivity contribution is 8.07. The second-order valence-electron chi connectivity index (χ2n) is 11.3. The molecule has 0 aromatic heterocycles. The van der Waals surface area contributed by atoms with E-state index in [0.29, 0.717) is 30.9 Å². The molecule has 0 bridgehead atoms. The van der Waals surface area contributed by atoms with Gasteiger partial charge in [-0.3, -0.25) is 4.79 Å². The van der Waals surface area contributed by atoms with Crippen LogP contribution in [-0.4, -0.2) is 127 Å². The predicted octanol–water partition coefficient (Wildman–Crippen LogP) is 0.196. The number of carbonyl (C=O) groups excluding carboxylic acids is 2. The van der Waals surface area contributed by atoms with Gasteiger partial charge in [-0.25, -0.2) is 4.79 Å². The zero-order chi connectivity index (χ0) is 35.3. The number of methoxy groups -OCH3 is 1. The van der Waals surface area contributed by atoms with Gasteiger partial charge in [-0.15, -0.1) is 0 Å². The highest BCUT2D eigenvalue weighted by atomic mass is 32.5. The first-order valence-electron chi connectivity index (χ1n) is 15.4. The number of hydrogen-bond donors (Lipinski definition) is 7. The maximum atomic E-state index is 12.3. The quantitative estimate of drug-likeness (QED) is 0.0492. The molecule has 1 aliphatic carbocycles. The number of nitrogens with one attached hydrogen (secondary N) is 3. The van der Waals surface area contributed by atoms with Crippen molar-refractivity contribution in [2.45, 2.75) is 81.7 Å². The van der Waals surface area contributed by atoms with E-state index < -0.39 is 80.2 Å². The van der Waals surface area contributed by atoms with E-state index in [2.05, 4.69) is 16.0 Å². The van der Waals surface area contributed by atoms with Crippen LogP contribution in [0, 0.1) is 5.92 Å². The minimum atomic E-state index is -3.61. The molecule has 1 saturated heterocycles. The maximum Gasteiger partial charge on any atom is 0.508 e. The Balaban J connectivity index is 1.47. The van der Waals surface area contributed by atoms with E-state index in [0.717, 1.165) is 5.56 Å². The largest absolute Gasteiger partial charge is 0.508 e. The van der Waals surface area contributed by atoms with Gasteiger partial charge in [-0.2, -0.15) is 0 Å². The van der Waals surface area contributed by atoms with E-state index in [1.807, 2.05) is 30.3 Å². The molecule has 0 spiro atoms. The van der Waals surface area contributed by atoms with Crippen LogP contribution in [0.4, 0.5) is 4.79 Å². The van der Waals surface area contributed by atoms with Crippen molar-refractivity contribution in [1.29, 1.82) is 0 Å². The van der Waals surface area contributed by atoms with Crippen molar-refractivity contribution in [3.63, 3.8) is 0 Å². The third-order valence-electron chi connectivity index (χ3n) is 7.82. The number of ether oxygens (including phenoxy) is 5. The number of amides is 1. The minimum Gasteiger partial charge on any atom is -0.434 e. The van der Waals surface area contributed by atoms with Gasteiger partial charge in [-0.05, 0) is 48.9 Å². The Labute approximate surface area is 289 Å². The number of thiocarbonyl (C=S) groups is 1. The van der Waals surface area contributed by atoms with Gasteiger partial charge < -0.3 is 68.9 Å². The maximum absolute atomic E-state index is 12.3. The molecule has 1 aliphatic heterocycles. The second-order valence-corrected chi connectivity index (χ2v) is 14.6. The summed E-state index contributed by atoms with van der Waals surface area (Å²) in [5.41, 5.74) is 0.806.